The SMILES string of the molecule is N#CC1(N)CCCC(N2CCCC2)C1. The zero-order valence-electron chi connectivity index (χ0n) is 8.71. The Morgan fingerprint density at radius 3 is 2.64 bits per heavy atom. The summed E-state index contributed by atoms with van der Waals surface area (Å²) < 4.78 is 0. The average molecular weight is 193 g/mol. The monoisotopic (exact) mass is 193 g/mol. The van der Waals surface area contributed by atoms with Gasteiger partial charge in [0.1, 0.15) is 5.54 Å². The second kappa shape index (κ2) is 3.88. The van der Waals surface area contributed by atoms with Gasteiger partial charge in [-0.2, -0.15) is 5.26 Å². The molecule has 0 amide bonds. The van der Waals surface area contributed by atoms with E-state index in [1.807, 2.05) is 0 Å². The van der Waals surface area contributed by atoms with Crippen molar-refractivity contribution in [2.45, 2.75) is 50.1 Å². The van der Waals surface area contributed by atoms with Crippen molar-refractivity contribution in [2.24, 2.45) is 5.73 Å². The van der Waals surface area contributed by atoms with E-state index in [0.717, 1.165) is 19.3 Å². The van der Waals surface area contributed by atoms with E-state index in [1.165, 1.54) is 32.4 Å². The number of hydrogen-bond donors (Lipinski definition) is 1. The van der Waals surface area contributed by atoms with Crippen LogP contribution in [0.5, 0.6) is 0 Å². The summed E-state index contributed by atoms with van der Waals surface area (Å²) in [5, 5.41) is 9.02. The van der Waals surface area contributed by atoms with Crippen LogP contribution in [0.3, 0.4) is 0 Å². The molecule has 2 fully saturated rings. The van der Waals surface area contributed by atoms with Crippen LogP contribution in [0, 0.1) is 11.3 Å². The Bertz CT molecular complexity index is 239. The van der Waals surface area contributed by atoms with Crippen LogP contribution in [0.1, 0.15) is 38.5 Å². The fourth-order valence-corrected chi connectivity index (χ4v) is 2.80. The van der Waals surface area contributed by atoms with E-state index >= 15 is 0 Å². The molecule has 78 valence electrons. The highest BCUT2D eigenvalue weighted by atomic mass is 15.2. The van der Waals surface area contributed by atoms with Crippen LogP contribution < -0.4 is 5.73 Å². The standard InChI is InChI=1S/C11H19N3/c12-9-11(13)5-3-4-10(8-11)14-6-1-2-7-14/h10H,1-8,13H2. The average Bonchev–Trinajstić information content (AvgIpc) is 2.71. The van der Waals surface area contributed by atoms with Crippen LogP contribution in [0.15, 0.2) is 0 Å². The maximum Gasteiger partial charge on any atom is 0.105 e. The lowest BCUT2D eigenvalue weighted by Gasteiger charge is -2.37. The highest BCUT2D eigenvalue weighted by molar-refractivity contribution is 5.09. The molecule has 1 aliphatic carbocycles. The first kappa shape index (κ1) is 9.95. The molecule has 2 aliphatic rings. The van der Waals surface area contributed by atoms with Gasteiger partial charge in [0.05, 0.1) is 6.07 Å². The second-order valence-electron chi connectivity index (χ2n) is 4.76. The van der Waals surface area contributed by atoms with Gasteiger partial charge in [0.15, 0.2) is 0 Å². The molecular formula is C11H19N3. The summed E-state index contributed by atoms with van der Waals surface area (Å²) in [4.78, 5) is 2.53. The van der Waals surface area contributed by atoms with Crippen molar-refractivity contribution in [1.82, 2.24) is 4.90 Å². The van der Waals surface area contributed by atoms with E-state index in [9.17, 15) is 0 Å². The van der Waals surface area contributed by atoms with Gasteiger partial charge in [-0.15, -0.1) is 0 Å². The summed E-state index contributed by atoms with van der Waals surface area (Å²) >= 11 is 0. The quantitative estimate of drug-likeness (QED) is 0.682. The molecule has 0 radical (unpaired) electrons. The third-order valence-corrected chi connectivity index (χ3v) is 3.64. The lowest BCUT2D eigenvalue weighted by molar-refractivity contribution is 0.160. The van der Waals surface area contributed by atoms with Crippen molar-refractivity contribution in [3.05, 3.63) is 0 Å². The molecule has 3 heteroatoms. The normalized spacial score (nSPS) is 39.6. The first-order valence-electron chi connectivity index (χ1n) is 5.68. The Hall–Kier alpha value is -0.590. The number of nitrogens with zero attached hydrogens (tertiary/aromatic N) is 2. The third kappa shape index (κ3) is 1.92. The van der Waals surface area contributed by atoms with Gasteiger partial charge >= 0.3 is 0 Å². The molecule has 2 unspecified atom stereocenters. The zero-order chi connectivity index (χ0) is 10.0. The highest BCUT2D eigenvalue weighted by Crippen LogP contribution is 2.30. The minimum Gasteiger partial charge on any atom is -0.313 e. The van der Waals surface area contributed by atoms with E-state index in [2.05, 4.69) is 11.0 Å². The van der Waals surface area contributed by atoms with Crippen LogP contribution in [-0.4, -0.2) is 29.6 Å². The maximum atomic E-state index is 9.02. The van der Waals surface area contributed by atoms with Gasteiger partial charge < -0.3 is 10.6 Å². The Morgan fingerprint density at radius 2 is 2.00 bits per heavy atom. The molecule has 3 nitrogen and oxygen atoms in total. The largest absolute Gasteiger partial charge is 0.313 e. The summed E-state index contributed by atoms with van der Waals surface area (Å²) in [7, 11) is 0. The molecule has 1 saturated heterocycles. The number of nitriles is 1. The fourth-order valence-electron chi connectivity index (χ4n) is 2.80. The molecule has 0 aromatic carbocycles. The van der Waals surface area contributed by atoms with Gasteiger partial charge in [-0.3, -0.25) is 0 Å². The fraction of sp³-hybridized carbons (Fsp3) is 0.909. The first-order chi connectivity index (χ1) is 6.73. The van der Waals surface area contributed by atoms with E-state index < -0.39 is 5.54 Å². The van der Waals surface area contributed by atoms with Crippen molar-refractivity contribution in [1.29, 1.82) is 5.26 Å². The predicted octanol–water partition coefficient (Wildman–Crippen LogP) is 1.25. The van der Waals surface area contributed by atoms with Crippen LogP contribution in [0.2, 0.25) is 0 Å². The first-order valence-corrected chi connectivity index (χ1v) is 5.68. The second-order valence-corrected chi connectivity index (χ2v) is 4.76. The number of nitrogens with two attached hydrogens (primary N) is 1. The lowest BCUT2D eigenvalue weighted by atomic mass is 9.80. The third-order valence-electron chi connectivity index (χ3n) is 3.64. The molecule has 2 N–H and O–H groups in total. The number of hydrogen-bond acceptors (Lipinski definition) is 3. The number of rotatable bonds is 1. The molecule has 0 bridgehead atoms. The Balaban J connectivity index is 1.97. The van der Waals surface area contributed by atoms with Crippen molar-refractivity contribution in [3.63, 3.8) is 0 Å². The predicted molar refractivity (Wildman–Crippen MR) is 55.6 cm³/mol. The lowest BCUT2D eigenvalue weighted by Crippen LogP contribution is -2.49. The summed E-state index contributed by atoms with van der Waals surface area (Å²) in [6.07, 6.45) is 6.75. The molecule has 2 rings (SSSR count). The maximum absolute atomic E-state index is 9.02. The van der Waals surface area contributed by atoms with Crippen LogP contribution in [0.25, 0.3) is 0 Å². The van der Waals surface area contributed by atoms with E-state index in [-0.39, 0.29) is 0 Å². The van der Waals surface area contributed by atoms with E-state index in [0.29, 0.717) is 6.04 Å². The van der Waals surface area contributed by atoms with Gasteiger partial charge in [-0.25, -0.2) is 0 Å². The van der Waals surface area contributed by atoms with Crippen LogP contribution >= 0.6 is 0 Å². The van der Waals surface area contributed by atoms with Crippen LogP contribution in [0.4, 0.5) is 0 Å². The molecule has 1 aliphatic heterocycles. The van der Waals surface area contributed by atoms with Gasteiger partial charge in [-0.1, -0.05) is 0 Å². The molecule has 0 spiro atoms. The summed E-state index contributed by atoms with van der Waals surface area (Å²) in [6.45, 7) is 2.43. The van der Waals surface area contributed by atoms with Crippen molar-refractivity contribution >= 4 is 0 Å². The summed E-state index contributed by atoms with van der Waals surface area (Å²) in [5.74, 6) is 0. The molecule has 1 heterocycles. The highest BCUT2D eigenvalue weighted by Gasteiger charge is 2.35. The Labute approximate surface area is 85.9 Å². The van der Waals surface area contributed by atoms with Gasteiger partial charge in [0, 0.05) is 6.04 Å². The minimum absolute atomic E-state index is 0.536. The zero-order valence-corrected chi connectivity index (χ0v) is 8.71. The van der Waals surface area contributed by atoms with E-state index in [4.69, 9.17) is 11.0 Å². The number of likely N-dealkylation sites (tertiary alicyclic amines) is 1. The van der Waals surface area contributed by atoms with E-state index in [1.54, 1.807) is 0 Å². The van der Waals surface area contributed by atoms with Crippen molar-refractivity contribution in [2.75, 3.05) is 13.1 Å². The summed E-state index contributed by atoms with van der Waals surface area (Å²) in [5.41, 5.74) is 5.49. The molecule has 1 saturated carbocycles. The van der Waals surface area contributed by atoms with Gasteiger partial charge in [0.2, 0.25) is 0 Å². The smallest absolute Gasteiger partial charge is 0.105 e. The minimum atomic E-state index is -0.536. The van der Waals surface area contributed by atoms with Crippen molar-refractivity contribution in [3.8, 4) is 6.07 Å². The van der Waals surface area contributed by atoms with Crippen LogP contribution in [-0.2, 0) is 0 Å². The van der Waals surface area contributed by atoms with Crippen molar-refractivity contribution < 1.29 is 0 Å². The topological polar surface area (TPSA) is 53.1 Å². The molecule has 14 heavy (non-hydrogen) atoms. The molecule has 2 atom stereocenters. The Morgan fingerprint density at radius 1 is 1.29 bits per heavy atom. The van der Waals surface area contributed by atoms with Gasteiger partial charge in [0.25, 0.3) is 0 Å². The molecule has 0 aromatic rings. The molecule has 0 aromatic heterocycles. The van der Waals surface area contributed by atoms with Gasteiger partial charge in [-0.05, 0) is 51.6 Å². The summed E-state index contributed by atoms with van der Waals surface area (Å²) in [6, 6.07) is 2.86. The Kier molecular flexibility index (Phi) is 2.76. The molecular weight excluding hydrogens is 174 g/mol.